The number of rotatable bonds is 6. The molecule has 1 aromatic rings. The molecule has 0 atom stereocenters. The molecule has 0 saturated heterocycles. The Kier molecular flexibility index (Phi) is 3.93. The van der Waals surface area contributed by atoms with E-state index < -0.39 is 0 Å². The smallest absolute Gasteiger partial charge is 0.253 e. The van der Waals surface area contributed by atoms with Gasteiger partial charge in [0.25, 0.3) is 5.91 Å². The van der Waals surface area contributed by atoms with E-state index in [0.717, 1.165) is 5.69 Å². The zero-order chi connectivity index (χ0) is 12.1. The molecule has 1 saturated carbocycles. The first-order valence-electron chi connectivity index (χ1n) is 5.78. The molecule has 1 aliphatic rings. The number of carbonyl (C=O) groups is 1. The van der Waals surface area contributed by atoms with Gasteiger partial charge in [-0.1, -0.05) is 0 Å². The van der Waals surface area contributed by atoms with E-state index >= 15 is 0 Å². The molecule has 1 heterocycles. The number of anilines is 1. The van der Waals surface area contributed by atoms with Gasteiger partial charge in [0.05, 0.1) is 17.9 Å². The van der Waals surface area contributed by atoms with Crippen LogP contribution in [0.4, 0.5) is 5.69 Å². The summed E-state index contributed by atoms with van der Waals surface area (Å²) in [7, 11) is 1.61. The van der Waals surface area contributed by atoms with Gasteiger partial charge in [0.1, 0.15) is 0 Å². The number of amides is 1. The van der Waals surface area contributed by atoms with E-state index in [1.54, 1.807) is 19.5 Å². The fourth-order valence-electron chi connectivity index (χ4n) is 1.48. The molecule has 17 heavy (non-hydrogen) atoms. The maximum absolute atomic E-state index is 11.7. The summed E-state index contributed by atoms with van der Waals surface area (Å²) >= 11 is 0. The van der Waals surface area contributed by atoms with Crippen molar-refractivity contribution in [1.29, 1.82) is 0 Å². The van der Waals surface area contributed by atoms with Crippen LogP contribution in [0.15, 0.2) is 18.5 Å². The number of nitrogens with zero attached hydrogens (tertiary/aromatic N) is 1. The molecule has 2 rings (SSSR count). The molecule has 1 aromatic heterocycles. The molecule has 1 amide bonds. The van der Waals surface area contributed by atoms with Crippen LogP contribution in [0.5, 0.6) is 0 Å². The first-order valence-corrected chi connectivity index (χ1v) is 5.78. The molecular weight excluding hydrogens is 218 g/mol. The van der Waals surface area contributed by atoms with Gasteiger partial charge in [-0.3, -0.25) is 9.78 Å². The minimum absolute atomic E-state index is 0.117. The molecule has 0 spiro atoms. The fraction of sp³-hybridized carbons (Fsp3) is 0.500. The SMILES string of the molecule is COCCNC(=O)c1cncc(NC2CC2)c1. The van der Waals surface area contributed by atoms with E-state index in [0.29, 0.717) is 24.8 Å². The van der Waals surface area contributed by atoms with Gasteiger partial charge in [-0.25, -0.2) is 0 Å². The highest BCUT2D eigenvalue weighted by molar-refractivity contribution is 5.94. The highest BCUT2D eigenvalue weighted by Crippen LogP contribution is 2.24. The number of methoxy groups -OCH3 is 1. The summed E-state index contributed by atoms with van der Waals surface area (Å²) in [5.41, 5.74) is 1.48. The Balaban J connectivity index is 1.91. The Hall–Kier alpha value is -1.62. The lowest BCUT2D eigenvalue weighted by Crippen LogP contribution is -2.27. The Labute approximate surface area is 101 Å². The Bertz CT molecular complexity index is 391. The van der Waals surface area contributed by atoms with Gasteiger partial charge in [0.15, 0.2) is 0 Å². The third-order valence-electron chi connectivity index (χ3n) is 2.54. The summed E-state index contributed by atoms with van der Waals surface area (Å²) in [5, 5.41) is 6.08. The van der Waals surface area contributed by atoms with Gasteiger partial charge in [-0.05, 0) is 18.9 Å². The summed E-state index contributed by atoms with van der Waals surface area (Å²) < 4.78 is 4.87. The second kappa shape index (κ2) is 5.63. The molecule has 0 unspecified atom stereocenters. The topological polar surface area (TPSA) is 63.2 Å². The summed E-state index contributed by atoms with van der Waals surface area (Å²) in [6.07, 6.45) is 5.71. The number of hydrogen-bond acceptors (Lipinski definition) is 4. The molecule has 0 bridgehead atoms. The average molecular weight is 235 g/mol. The van der Waals surface area contributed by atoms with Gasteiger partial charge in [-0.2, -0.15) is 0 Å². The van der Waals surface area contributed by atoms with Crippen LogP contribution in [0.1, 0.15) is 23.2 Å². The first kappa shape index (κ1) is 11.9. The predicted octanol–water partition coefficient (Wildman–Crippen LogP) is 1.03. The predicted molar refractivity (Wildman–Crippen MR) is 65.1 cm³/mol. The standard InChI is InChI=1S/C12H17N3O2/c1-17-5-4-14-12(16)9-6-11(8-13-7-9)15-10-2-3-10/h6-8,10,15H,2-5H2,1H3,(H,14,16). The van der Waals surface area contributed by atoms with Crippen molar-refractivity contribution >= 4 is 11.6 Å². The van der Waals surface area contributed by atoms with E-state index in [2.05, 4.69) is 15.6 Å². The van der Waals surface area contributed by atoms with Crippen molar-refractivity contribution < 1.29 is 9.53 Å². The molecule has 0 aliphatic heterocycles. The second-order valence-electron chi connectivity index (χ2n) is 4.13. The molecule has 0 aromatic carbocycles. The van der Waals surface area contributed by atoms with E-state index in [9.17, 15) is 4.79 Å². The third kappa shape index (κ3) is 3.71. The first-order chi connectivity index (χ1) is 8.29. The maximum Gasteiger partial charge on any atom is 0.253 e. The normalized spacial score (nSPS) is 14.4. The summed E-state index contributed by atoms with van der Waals surface area (Å²) in [4.78, 5) is 15.8. The fourth-order valence-corrected chi connectivity index (χ4v) is 1.48. The number of hydrogen-bond donors (Lipinski definition) is 2. The zero-order valence-electron chi connectivity index (χ0n) is 9.90. The molecule has 2 N–H and O–H groups in total. The number of ether oxygens (including phenoxy) is 1. The van der Waals surface area contributed by atoms with Gasteiger partial charge in [0.2, 0.25) is 0 Å². The van der Waals surface area contributed by atoms with Crippen molar-refractivity contribution in [2.45, 2.75) is 18.9 Å². The van der Waals surface area contributed by atoms with Gasteiger partial charge < -0.3 is 15.4 Å². The third-order valence-corrected chi connectivity index (χ3v) is 2.54. The number of pyridine rings is 1. The Morgan fingerprint density at radius 1 is 1.53 bits per heavy atom. The molecule has 92 valence electrons. The van der Waals surface area contributed by atoms with Gasteiger partial charge >= 0.3 is 0 Å². The molecule has 5 nitrogen and oxygen atoms in total. The van der Waals surface area contributed by atoms with Crippen molar-refractivity contribution in [1.82, 2.24) is 10.3 Å². The largest absolute Gasteiger partial charge is 0.383 e. The van der Waals surface area contributed by atoms with Crippen LogP contribution >= 0.6 is 0 Å². The summed E-state index contributed by atoms with van der Waals surface area (Å²) in [6, 6.07) is 2.39. The van der Waals surface area contributed by atoms with Crippen LogP contribution in [0.2, 0.25) is 0 Å². The molecule has 1 fully saturated rings. The minimum atomic E-state index is -0.117. The molecular formula is C12H17N3O2. The highest BCUT2D eigenvalue weighted by Gasteiger charge is 2.21. The van der Waals surface area contributed by atoms with Crippen LogP contribution in [-0.2, 0) is 4.74 Å². The molecule has 5 heteroatoms. The number of nitrogens with one attached hydrogen (secondary N) is 2. The minimum Gasteiger partial charge on any atom is -0.383 e. The van der Waals surface area contributed by atoms with Crippen LogP contribution in [-0.4, -0.2) is 37.2 Å². The van der Waals surface area contributed by atoms with E-state index in [-0.39, 0.29) is 5.91 Å². The Morgan fingerprint density at radius 2 is 2.35 bits per heavy atom. The van der Waals surface area contributed by atoms with Crippen LogP contribution in [0.3, 0.4) is 0 Å². The lowest BCUT2D eigenvalue weighted by atomic mass is 10.2. The van der Waals surface area contributed by atoms with E-state index in [1.165, 1.54) is 12.8 Å². The van der Waals surface area contributed by atoms with Crippen LogP contribution < -0.4 is 10.6 Å². The summed E-state index contributed by atoms with van der Waals surface area (Å²) in [6.45, 7) is 1.02. The number of carbonyl (C=O) groups excluding carboxylic acids is 1. The highest BCUT2D eigenvalue weighted by atomic mass is 16.5. The number of aromatic nitrogens is 1. The van der Waals surface area contributed by atoms with Crippen molar-refractivity contribution in [2.24, 2.45) is 0 Å². The lowest BCUT2D eigenvalue weighted by molar-refractivity contribution is 0.0937. The van der Waals surface area contributed by atoms with Crippen molar-refractivity contribution in [3.63, 3.8) is 0 Å². The second-order valence-corrected chi connectivity index (χ2v) is 4.13. The van der Waals surface area contributed by atoms with Crippen molar-refractivity contribution in [2.75, 3.05) is 25.6 Å². The lowest BCUT2D eigenvalue weighted by Gasteiger charge is -2.07. The summed E-state index contributed by atoms with van der Waals surface area (Å²) in [5.74, 6) is -0.117. The Morgan fingerprint density at radius 3 is 3.06 bits per heavy atom. The van der Waals surface area contributed by atoms with Crippen LogP contribution in [0.25, 0.3) is 0 Å². The van der Waals surface area contributed by atoms with Gasteiger partial charge in [0, 0.05) is 32.1 Å². The molecule has 0 radical (unpaired) electrons. The van der Waals surface area contributed by atoms with Crippen molar-refractivity contribution in [3.05, 3.63) is 24.0 Å². The average Bonchev–Trinajstić information content (AvgIpc) is 3.13. The van der Waals surface area contributed by atoms with E-state index in [1.807, 2.05) is 6.07 Å². The maximum atomic E-state index is 11.7. The zero-order valence-corrected chi connectivity index (χ0v) is 9.90. The van der Waals surface area contributed by atoms with Gasteiger partial charge in [-0.15, -0.1) is 0 Å². The van der Waals surface area contributed by atoms with E-state index in [4.69, 9.17) is 4.74 Å². The molecule has 1 aliphatic carbocycles. The van der Waals surface area contributed by atoms with Crippen molar-refractivity contribution in [3.8, 4) is 0 Å². The quantitative estimate of drug-likeness (QED) is 0.723. The van der Waals surface area contributed by atoms with Crippen LogP contribution in [0, 0.1) is 0 Å². The monoisotopic (exact) mass is 235 g/mol.